The minimum Gasteiger partial charge on any atom is -0.467 e. The fraction of sp³-hybridized carbons (Fsp3) is 0.364. The van der Waals surface area contributed by atoms with Crippen LogP contribution in [0.2, 0.25) is 0 Å². The molecule has 3 nitrogen and oxygen atoms in total. The molecule has 4 heteroatoms. The highest BCUT2D eigenvalue weighted by atomic mass is 35.5. The Labute approximate surface area is 95.2 Å². The lowest BCUT2D eigenvalue weighted by Crippen LogP contribution is -2.42. The Kier molecular flexibility index (Phi) is 3.37. The van der Waals surface area contributed by atoms with Crippen molar-refractivity contribution in [2.75, 3.05) is 7.11 Å². The Morgan fingerprint density at radius 1 is 1.47 bits per heavy atom. The van der Waals surface area contributed by atoms with Gasteiger partial charge in [0, 0.05) is 6.54 Å². The minimum absolute atomic E-state index is 0. The van der Waals surface area contributed by atoms with Gasteiger partial charge in [-0.05, 0) is 18.1 Å². The number of methoxy groups -OCH3 is 1. The topological polar surface area (TPSA) is 38.3 Å². The summed E-state index contributed by atoms with van der Waals surface area (Å²) in [5, 5.41) is 3.17. The number of hydrogen-bond donors (Lipinski definition) is 1. The van der Waals surface area contributed by atoms with Crippen LogP contribution >= 0.6 is 12.4 Å². The third kappa shape index (κ3) is 1.73. The van der Waals surface area contributed by atoms with Crippen LogP contribution in [-0.2, 0) is 21.6 Å². The average molecular weight is 228 g/mol. The van der Waals surface area contributed by atoms with Gasteiger partial charge in [0.25, 0.3) is 0 Å². The molecular weight excluding hydrogens is 214 g/mol. The highest BCUT2D eigenvalue weighted by Gasteiger charge is 2.41. The molecule has 1 atom stereocenters. The molecule has 2 rings (SSSR count). The molecule has 0 fully saturated rings. The summed E-state index contributed by atoms with van der Waals surface area (Å²) >= 11 is 0. The van der Waals surface area contributed by atoms with Crippen LogP contribution in [0.15, 0.2) is 24.3 Å². The Bertz CT molecular complexity index is 381. The van der Waals surface area contributed by atoms with E-state index in [1.165, 1.54) is 12.7 Å². The van der Waals surface area contributed by atoms with Crippen molar-refractivity contribution in [3.63, 3.8) is 0 Å². The van der Waals surface area contributed by atoms with Gasteiger partial charge >= 0.3 is 5.97 Å². The van der Waals surface area contributed by atoms with Crippen molar-refractivity contribution in [1.82, 2.24) is 5.32 Å². The maximum absolute atomic E-state index is 11.6. The average Bonchev–Trinajstić information content (AvgIpc) is 2.58. The van der Waals surface area contributed by atoms with E-state index in [-0.39, 0.29) is 18.4 Å². The Balaban J connectivity index is 0.00000112. The fourth-order valence-electron chi connectivity index (χ4n) is 1.92. The molecule has 0 saturated heterocycles. The van der Waals surface area contributed by atoms with E-state index < -0.39 is 5.54 Å². The van der Waals surface area contributed by atoms with Gasteiger partial charge in [-0.2, -0.15) is 0 Å². The molecule has 1 aromatic rings. The van der Waals surface area contributed by atoms with Crippen molar-refractivity contribution in [1.29, 1.82) is 0 Å². The highest BCUT2D eigenvalue weighted by molar-refractivity contribution is 5.85. The zero-order valence-corrected chi connectivity index (χ0v) is 9.56. The Hall–Kier alpha value is -1.06. The molecule has 82 valence electrons. The predicted molar refractivity (Wildman–Crippen MR) is 59.9 cm³/mol. The number of fused-ring (bicyclic) bond motifs is 1. The van der Waals surface area contributed by atoms with Gasteiger partial charge < -0.3 is 4.74 Å². The quantitative estimate of drug-likeness (QED) is 0.741. The lowest BCUT2D eigenvalue weighted by atomic mass is 9.93. The van der Waals surface area contributed by atoms with Crippen LogP contribution in [0.5, 0.6) is 0 Å². The molecule has 1 heterocycles. The van der Waals surface area contributed by atoms with Crippen LogP contribution in [0.4, 0.5) is 0 Å². The molecule has 1 unspecified atom stereocenters. The van der Waals surface area contributed by atoms with Gasteiger partial charge in [0.1, 0.15) is 5.54 Å². The summed E-state index contributed by atoms with van der Waals surface area (Å²) in [6, 6.07) is 7.90. The highest BCUT2D eigenvalue weighted by Crippen LogP contribution is 2.31. The van der Waals surface area contributed by atoms with Crippen molar-refractivity contribution in [3.8, 4) is 0 Å². The predicted octanol–water partition coefficient (Wildman–Crippen LogP) is 1.60. The monoisotopic (exact) mass is 227 g/mol. The second kappa shape index (κ2) is 4.21. The first kappa shape index (κ1) is 12.0. The van der Waals surface area contributed by atoms with Gasteiger partial charge in [0.05, 0.1) is 7.11 Å². The van der Waals surface area contributed by atoms with Gasteiger partial charge in [-0.3, -0.25) is 5.32 Å². The molecule has 1 N–H and O–H groups in total. The van der Waals surface area contributed by atoms with Crippen molar-refractivity contribution < 1.29 is 9.53 Å². The molecule has 0 bridgehead atoms. The SMILES string of the molecule is COC(=O)C1(C)NCc2ccccc21.Cl. The summed E-state index contributed by atoms with van der Waals surface area (Å²) in [5.41, 5.74) is 1.51. The van der Waals surface area contributed by atoms with Crippen molar-refractivity contribution >= 4 is 18.4 Å². The maximum atomic E-state index is 11.6. The van der Waals surface area contributed by atoms with Crippen molar-refractivity contribution in [3.05, 3.63) is 35.4 Å². The number of hydrogen-bond acceptors (Lipinski definition) is 3. The number of ether oxygens (including phenoxy) is 1. The molecule has 1 aliphatic rings. The van der Waals surface area contributed by atoms with Gasteiger partial charge in [0.15, 0.2) is 0 Å². The molecule has 0 aliphatic carbocycles. The molecule has 0 amide bonds. The summed E-state index contributed by atoms with van der Waals surface area (Å²) < 4.78 is 4.79. The number of carbonyl (C=O) groups is 1. The molecule has 1 aliphatic heterocycles. The van der Waals surface area contributed by atoms with Crippen molar-refractivity contribution in [2.24, 2.45) is 0 Å². The van der Waals surface area contributed by atoms with E-state index in [9.17, 15) is 4.79 Å². The lowest BCUT2D eigenvalue weighted by Gasteiger charge is -2.22. The maximum Gasteiger partial charge on any atom is 0.330 e. The van der Waals surface area contributed by atoms with Gasteiger partial charge in [-0.1, -0.05) is 24.3 Å². The first-order chi connectivity index (χ1) is 6.68. The van der Waals surface area contributed by atoms with Crippen LogP contribution in [0.25, 0.3) is 0 Å². The van der Waals surface area contributed by atoms with Gasteiger partial charge in [0.2, 0.25) is 0 Å². The number of benzene rings is 1. The van der Waals surface area contributed by atoms with E-state index in [0.29, 0.717) is 0 Å². The Morgan fingerprint density at radius 2 is 2.13 bits per heavy atom. The number of esters is 1. The van der Waals surface area contributed by atoms with Crippen molar-refractivity contribution in [2.45, 2.75) is 19.0 Å². The molecule has 0 radical (unpaired) electrons. The second-order valence-electron chi connectivity index (χ2n) is 3.63. The summed E-state index contributed by atoms with van der Waals surface area (Å²) in [5.74, 6) is -0.234. The largest absolute Gasteiger partial charge is 0.467 e. The number of halogens is 1. The van der Waals surface area contributed by atoms with Gasteiger partial charge in [-0.15, -0.1) is 12.4 Å². The van der Waals surface area contributed by atoms with E-state index in [0.717, 1.165) is 12.1 Å². The number of nitrogens with one attached hydrogen (secondary N) is 1. The molecule has 0 aromatic heterocycles. The lowest BCUT2D eigenvalue weighted by molar-refractivity contribution is -0.148. The van der Waals surface area contributed by atoms with E-state index in [1.54, 1.807) is 0 Å². The number of carbonyl (C=O) groups excluding carboxylic acids is 1. The fourth-order valence-corrected chi connectivity index (χ4v) is 1.92. The standard InChI is InChI=1S/C11H13NO2.ClH/c1-11(10(13)14-2)9-6-4-3-5-8(9)7-12-11;/h3-6,12H,7H2,1-2H3;1H. The first-order valence-electron chi connectivity index (χ1n) is 4.60. The third-order valence-corrected chi connectivity index (χ3v) is 2.78. The zero-order valence-electron chi connectivity index (χ0n) is 8.74. The van der Waals surface area contributed by atoms with Crippen LogP contribution < -0.4 is 5.32 Å². The minimum atomic E-state index is -0.675. The van der Waals surface area contributed by atoms with E-state index in [4.69, 9.17) is 4.74 Å². The molecule has 0 saturated carbocycles. The van der Waals surface area contributed by atoms with E-state index in [1.807, 2.05) is 31.2 Å². The third-order valence-electron chi connectivity index (χ3n) is 2.78. The van der Waals surface area contributed by atoms with E-state index in [2.05, 4.69) is 5.32 Å². The van der Waals surface area contributed by atoms with Crippen LogP contribution in [-0.4, -0.2) is 13.1 Å². The Morgan fingerprint density at radius 3 is 2.80 bits per heavy atom. The first-order valence-corrected chi connectivity index (χ1v) is 4.60. The summed E-state index contributed by atoms with van der Waals surface area (Å²) in [6.45, 7) is 2.58. The van der Waals surface area contributed by atoms with Crippen LogP contribution in [0, 0.1) is 0 Å². The normalized spacial score (nSPS) is 22.8. The summed E-state index contributed by atoms with van der Waals surface area (Å²) in [4.78, 5) is 11.6. The summed E-state index contributed by atoms with van der Waals surface area (Å²) in [7, 11) is 1.41. The summed E-state index contributed by atoms with van der Waals surface area (Å²) in [6.07, 6.45) is 0. The molecule has 15 heavy (non-hydrogen) atoms. The smallest absolute Gasteiger partial charge is 0.330 e. The second-order valence-corrected chi connectivity index (χ2v) is 3.63. The molecule has 1 aromatic carbocycles. The molecular formula is C11H14ClNO2. The van der Waals surface area contributed by atoms with E-state index >= 15 is 0 Å². The zero-order chi connectivity index (χ0) is 10.2. The van der Waals surface area contributed by atoms with Crippen LogP contribution in [0.3, 0.4) is 0 Å². The molecule has 0 spiro atoms. The van der Waals surface area contributed by atoms with Crippen LogP contribution in [0.1, 0.15) is 18.1 Å². The van der Waals surface area contributed by atoms with Gasteiger partial charge in [-0.25, -0.2) is 4.79 Å². The number of rotatable bonds is 1.